The molecule has 0 aromatic carbocycles. The van der Waals surface area contributed by atoms with Crippen molar-refractivity contribution in [2.75, 3.05) is 7.11 Å². The third-order valence-corrected chi connectivity index (χ3v) is 1.65. The standard InChI is InChI=1S/C9H12N2O2/c1-6(10)9(12)7-3-8(13-2)5-11-4-7/h3-6H,10H2,1-2H3. The van der Waals surface area contributed by atoms with Gasteiger partial charge in [0.2, 0.25) is 0 Å². The van der Waals surface area contributed by atoms with Gasteiger partial charge in [-0.15, -0.1) is 0 Å². The summed E-state index contributed by atoms with van der Waals surface area (Å²) in [5.74, 6) is 0.429. The molecule has 1 aromatic heterocycles. The first kappa shape index (κ1) is 9.67. The molecule has 0 amide bonds. The molecule has 1 aromatic rings. The molecule has 0 fully saturated rings. The van der Waals surface area contributed by atoms with Crippen LogP contribution in [0.1, 0.15) is 17.3 Å². The Kier molecular flexibility index (Phi) is 2.97. The molecule has 1 unspecified atom stereocenters. The van der Waals surface area contributed by atoms with Crippen LogP contribution in [-0.4, -0.2) is 23.9 Å². The number of hydrogen-bond acceptors (Lipinski definition) is 4. The fourth-order valence-electron chi connectivity index (χ4n) is 0.928. The highest BCUT2D eigenvalue weighted by atomic mass is 16.5. The summed E-state index contributed by atoms with van der Waals surface area (Å²) in [6, 6.07) is 1.12. The minimum atomic E-state index is -0.506. The van der Waals surface area contributed by atoms with Crippen molar-refractivity contribution in [3.05, 3.63) is 24.0 Å². The Hall–Kier alpha value is -1.42. The summed E-state index contributed by atoms with van der Waals surface area (Å²) in [5, 5.41) is 0. The van der Waals surface area contributed by atoms with Crippen LogP contribution in [0.5, 0.6) is 5.75 Å². The predicted octanol–water partition coefficient (Wildman–Crippen LogP) is 0.620. The number of pyridine rings is 1. The second-order valence-electron chi connectivity index (χ2n) is 2.77. The maximum absolute atomic E-state index is 11.4. The highest BCUT2D eigenvalue weighted by molar-refractivity contribution is 5.99. The molecule has 0 radical (unpaired) electrons. The molecule has 0 aliphatic rings. The van der Waals surface area contributed by atoms with Crippen molar-refractivity contribution < 1.29 is 9.53 Å². The number of carbonyl (C=O) groups excluding carboxylic acids is 1. The minimum absolute atomic E-state index is 0.133. The molecule has 0 saturated heterocycles. The Labute approximate surface area is 76.7 Å². The molecule has 0 aliphatic carbocycles. The van der Waals surface area contributed by atoms with E-state index >= 15 is 0 Å². The van der Waals surface area contributed by atoms with E-state index < -0.39 is 6.04 Å². The van der Waals surface area contributed by atoms with E-state index in [1.807, 2.05) is 0 Å². The van der Waals surface area contributed by atoms with Crippen molar-refractivity contribution in [1.82, 2.24) is 4.98 Å². The van der Waals surface area contributed by atoms with Crippen LogP contribution in [0.3, 0.4) is 0 Å². The summed E-state index contributed by atoms with van der Waals surface area (Å²) in [5.41, 5.74) is 5.92. The monoisotopic (exact) mass is 180 g/mol. The summed E-state index contributed by atoms with van der Waals surface area (Å²) in [6.07, 6.45) is 3.02. The lowest BCUT2D eigenvalue weighted by molar-refractivity contribution is 0.0967. The number of nitrogens with two attached hydrogens (primary N) is 1. The van der Waals surface area contributed by atoms with Crippen LogP contribution in [0.4, 0.5) is 0 Å². The Morgan fingerprint density at radius 2 is 2.31 bits per heavy atom. The number of rotatable bonds is 3. The molecule has 0 aliphatic heterocycles. The Morgan fingerprint density at radius 1 is 1.62 bits per heavy atom. The van der Waals surface area contributed by atoms with Crippen LogP contribution < -0.4 is 10.5 Å². The number of nitrogens with zero attached hydrogens (tertiary/aromatic N) is 1. The molecular formula is C9H12N2O2. The SMILES string of the molecule is COc1cncc(C(=O)C(C)N)c1. The van der Waals surface area contributed by atoms with Crippen molar-refractivity contribution in [3.8, 4) is 5.75 Å². The smallest absolute Gasteiger partial charge is 0.180 e. The van der Waals surface area contributed by atoms with Crippen LogP contribution in [0.15, 0.2) is 18.5 Å². The average molecular weight is 180 g/mol. The van der Waals surface area contributed by atoms with Crippen molar-refractivity contribution in [1.29, 1.82) is 0 Å². The molecule has 0 spiro atoms. The summed E-state index contributed by atoms with van der Waals surface area (Å²) in [6.45, 7) is 1.64. The van der Waals surface area contributed by atoms with E-state index in [4.69, 9.17) is 10.5 Å². The fraction of sp³-hybridized carbons (Fsp3) is 0.333. The lowest BCUT2D eigenvalue weighted by Gasteiger charge is -2.04. The zero-order valence-corrected chi connectivity index (χ0v) is 7.65. The lowest BCUT2D eigenvalue weighted by atomic mass is 10.1. The first-order valence-corrected chi connectivity index (χ1v) is 3.94. The molecular weight excluding hydrogens is 168 g/mol. The van der Waals surface area contributed by atoms with Crippen molar-refractivity contribution in [3.63, 3.8) is 0 Å². The summed E-state index contributed by atoms with van der Waals surface area (Å²) < 4.78 is 4.93. The van der Waals surface area contributed by atoms with Crippen molar-refractivity contribution in [2.24, 2.45) is 5.73 Å². The second kappa shape index (κ2) is 4.00. The Balaban J connectivity index is 2.95. The number of Topliss-reactive ketones (excluding diaryl/α,β-unsaturated/α-hetero) is 1. The van der Waals surface area contributed by atoms with E-state index in [0.717, 1.165) is 0 Å². The van der Waals surface area contributed by atoms with E-state index in [0.29, 0.717) is 11.3 Å². The number of aromatic nitrogens is 1. The topological polar surface area (TPSA) is 65.2 Å². The molecule has 13 heavy (non-hydrogen) atoms. The quantitative estimate of drug-likeness (QED) is 0.692. The molecule has 0 saturated carbocycles. The van der Waals surface area contributed by atoms with Gasteiger partial charge >= 0.3 is 0 Å². The molecule has 4 heteroatoms. The molecule has 0 bridgehead atoms. The van der Waals surface area contributed by atoms with Crippen LogP contribution in [0.2, 0.25) is 0 Å². The van der Waals surface area contributed by atoms with Gasteiger partial charge in [-0.1, -0.05) is 0 Å². The van der Waals surface area contributed by atoms with Gasteiger partial charge in [-0.3, -0.25) is 9.78 Å². The molecule has 1 heterocycles. The molecule has 2 N–H and O–H groups in total. The second-order valence-corrected chi connectivity index (χ2v) is 2.77. The van der Waals surface area contributed by atoms with Gasteiger partial charge in [-0.2, -0.15) is 0 Å². The lowest BCUT2D eigenvalue weighted by Crippen LogP contribution is -2.26. The summed E-state index contributed by atoms with van der Waals surface area (Å²) >= 11 is 0. The maximum atomic E-state index is 11.4. The fourth-order valence-corrected chi connectivity index (χ4v) is 0.928. The van der Waals surface area contributed by atoms with Crippen LogP contribution >= 0.6 is 0 Å². The third-order valence-electron chi connectivity index (χ3n) is 1.65. The van der Waals surface area contributed by atoms with E-state index in [1.54, 1.807) is 13.0 Å². The highest BCUT2D eigenvalue weighted by Gasteiger charge is 2.11. The van der Waals surface area contributed by atoms with Gasteiger partial charge in [0, 0.05) is 11.8 Å². The molecule has 70 valence electrons. The molecule has 1 rings (SSSR count). The van der Waals surface area contributed by atoms with Gasteiger partial charge in [0.1, 0.15) is 5.75 Å². The van der Waals surface area contributed by atoms with Gasteiger partial charge < -0.3 is 10.5 Å². The average Bonchev–Trinajstić information content (AvgIpc) is 2.16. The number of carbonyl (C=O) groups is 1. The number of hydrogen-bond donors (Lipinski definition) is 1. The Bertz CT molecular complexity index is 310. The highest BCUT2D eigenvalue weighted by Crippen LogP contribution is 2.11. The summed E-state index contributed by atoms with van der Waals surface area (Å²) in [7, 11) is 1.52. The first-order valence-electron chi connectivity index (χ1n) is 3.94. The van der Waals surface area contributed by atoms with Crippen LogP contribution in [0.25, 0.3) is 0 Å². The van der Waals surface area contributed by atoms with Crippen LogP contribution in [0, 0.1) is 0 Å². The third kappa shape index (κ3) is 2.26. The van der Waals surface area contributed by atoms with Crippen LogP contribution in [-0.2, 0) is 0 Å². The van der Waals surface area contributed by atoms with E-state index in [1.165, 1.54) is 19.5 Å². The number of methoxy groups -OCH3 is 1. The molecule has 1 atom stereocenters. The van der Waals surface area contributed by atoms with Gasteiger partial charge in [0.15, 0.2) is 5.78 Å². The number of ether oxygens (including phenoxy) is 1. The van der Waals surface area contributed by atoms with Gasteiger partial charge in [-0.05, 0) is 13.0 Å². The van der Waals surface area contributed by atoms with E-state index in [9.17, 15) is 4.79 Å². The maximum Gasteiger partial charge on any atom is 0.180 e. The normalized spacial score (nSPS) is 12.2. The number of ketones is 1. The zero-order chi connectivity index (χ0) is 9.84. The summed E-state index contributed by atoms with van der Waals surface area (Å²) in [4.78, 5) is 15.2. The van der Waals surface area contributed by atoms with Gasteiger partial charge in [-0.25, -0.2) is 0 Å². The first-order chi connectivity index (χ1) is 6.15. The van der Waals surface area contributed by atoms with Gasteiger partial charge in [0.05, 0.1) is 19.3 Å². The van der Waals surface area contributed by atoms with Gasteiger partial charge in [0.25, 0.3) is 0 Å². The van der Waals surface area contributed by atoms with Crippen molar-refractivity contribution >= 4 is 5.78 Å². The van der Waals surface area contributed by atoms with E-state index in [-0.39, 0.29) is 5.78 Å². The largest absolute Gasteiger partial charge is 0.495 e. The molecule has 4 nitrogen and oxygen atoms in total. The predicted molar refractivity (Wildman–Crippen MR) is 48.8 cm³/mol. The van der Waals surface area contributed by atoms with Crippen molar-refractivity contribution in [2.45, 2.75) is 13.0 Å². The van der Waals surface area contributed by atoms with E-state index in [2.05, 4.69) is 4.98 Å². The zero-order valence-electron chi connectivity index (χ0n) is 7.65. The Morgan fingerprint density at radius 3 is 2.85 bits per heavy atom. The minimum Gasteiger partial charge on any atom is -0.495 e.